The summed E-state index contributed by atoms with van der Waals surface area (Å²) < 4.78 is 49.0. The van der Waals surface area contributed by atoms with E-state index >= 15 is 0 Å². The molecule has 0 bridgehead atoms. The molecule has 0 amide bonds. The van der Waals surface area contributed by atoms with Gasteiger partial charge in [0.25, 0.3) is 5.92 Å². The highest BCUT2D eigenvalue weighted by atomic mass is 32.2. The molecular formula is C17H25F2NO2S. The number of rotatable bonds is 5. The maximum absolute atomic E-state index is 14.6. The van der Waals surface area contributed by atoms with Crippen molar-refractivity contribution < 1.29 is 17.7 Å². The van der Waals surface area contributed by atoms with Gasteiger partial charge in [0.1, 0.15) is 6.10 Å². The van der Waals surface area contributed by atoms with E-state index in [1.807, 2.05) is 27.7 Å². The minimum absolute atomic E-state index is 0.0444. The van der Waals surface area contributed by atoms with Gasteiger partial charge in [0, 0.05) is 18.2 Å². The van der Waals surface area contributed by atoms with Gasteiger partial charge in [-0.2, -0.15) is 8.78 Å². The number of benzene rings is 1. The van der Waals surface area contributed by atoms with Crippen LogP contribution in [0.25, 0.3) is 0 Å². The van der Waals surface area contributed by atoms with E-state index in [9.17, 15) is 13.0 Å². The Morgan fingerprint density at radius 2 is 2.04 bits per heavy atom. The first-order valence-electron chi connectivity index (χ1n) is 7.90. The smallest absolute Gasteiger partial charge is 0.298 e. The summed E-state index contributed by atoms with van der Waals surface area (Å²) in [6.07, 6.45) is -0.00799. The Labute approximate surface area is 139 Å². The number of ether oxygens (including phenoxy) is 1. The van der Waals surface area contributed by atoms with E-state index in [1.54, 1.807) is 12.1 Å². The fourth-order valence-corrected chi connectivity index (χ4v) is 3.28. The van der Waals surface area contributed by atoms with Crippen molar-refractivity contribution in [1.29, 1.82) is 0 Å². The molecule has 1 saturated heterocycles. The lowest BCUT2D eigenvalue weighted by molar-refractivity contribution is -0.122. The Morgan fingerprint density at radius 3 is 2.61 bits per heavy atom. The van der Waals surface area contributed by atoms with Crippen LogP contribution in [0, 0.1) is 0 Å². The number of hydrogen-bond acceptors (Lipinski definition) is 2. The van der Waals surface area contributed by atoms with E-state index in [1.165, 1.54) is 12.1 Å². The molecule has 1 aliphatic rings. The van der Waals surface area contributed by atoms with E-state index < -0.39 is 27.8 Å². The quantitative estimate of drug-likeness (QED) is 0.873. The van der Waals surface area contributed by atoms with Crippen molar-refractivity contribution >= 4 is 11.0 Å². The van der Waals surface area contributed by atoms with Crippen LogP contribution >= 0.6 is 0 Å². The van der Waals surface area contributed by atoms with Crippen molar-refractivity contribution in [2.75, 3.05) is 6.61 Å². The molecule has 3 atom stereocenters. The second kappa shape index (κ2) is 6.95. The average Bonchev–Trinajstić information content (AvgIpc) is 3.01. The highest BCUT2D eigenvalue weighted by molar-refractivity contribution is 7.84. The number of alkyl halides is 2. The zero-order valence-corrected chi connectivity index (χ0v) is 14.9. The molecule has 130 valence electrons. The summed E-state index contributed by atoms with van der Waals surface area (Å²) in [5.74, 6) is -3.00. The molecule has 1 aliphatic heterocycles. The predicted octanol–water partition coefficient (Wildman–Crippen LogP) is 4.07. The van der Waals surface area contributed by atoms with Crippen LogP contribution in [0.3, 0.4) is 0 Å². The maximum atomic E-state index is 14.6. The number of hydrogen-bond donors (Lipinski definition) is 1. The van der Waals surface area contributed by atoms with Gasteiger partial charge in [-0.25, -0.2) is 8.93 Å². The molecule has 1 aromatic rings. The molecule has 2 unspecified atom stereocenters. The molecule has 1 N–H and O–H groups in total. The van der Waals surface area contributed by atoms with Gasteiger partial charge in [-0.05, 0) is 52.2 Å². The van der Waals surface area contributed by atoms with Gasteiger partial charge >= 0.3 is 0 Å². The summed E-state index contributed by atoms with van der Waals surface area (Å²) in [5, 5.41) is 0. The van der Waals surface area contributed by atoms with E-state index in [0.29, 0.717) is 25.0 Å². The molecular weight excluding hydrogens is 320 g/mol. The molecule has 3 nitrogen and oxygen atoms in total. The lowest BCUT2D eigenvalue weighted by Gasteiger charge is -2.25. The summed E-state index contributed by atoms with van der Waals surface area (Å²) >= 11 is 0. The highest BCUT2D eigenvalue weighted by Crippen LogP contribution is 2.38. The lowest BCUT2D eigenvalue weighted by Crippen LogP contribution is -2.35. The third kappa shape index (κ3) is 4.37. The largest absolute Gasteiger partial charge is 0.372 e. The SMILES string of the molecule is CC(N[S@](=O)C(C)(C)C)c1cccc(C(F)(F)C2CCCO2)c1. The summed E-state index contributed by atoms with van der Waals surface area (Å²) in [5.41, 5.74) is 0.648. The van der Waals surface area contributed by atoms with Crippen LogP contribution in [0.15, 0.2) is 24.3 Å². The zero-order chi connectivity index (χ0) is 17.3. The van der Waals surface area contributed by atoms with Crippen molar-refractivity contribution in [2.24, 2.45) is 0 Å². The Morgan fingerprint density at radius 1 is 1.35 bits per heavy atom. The Kier molecular flexibility index (Phi) is 5.59. The van der Waals surface area contributed by atoms with Crippen LogP contribution in [0.1, 0.15) is 57.7 Å². The zero-order valence-electron chi connectivity index (χ0n) is 14.1. The third-order valence-electron chi connectivity index (χ3n) is 3.95. The monoisotopic (exact) mass is 345 g/mol. The fourth-order valence-electron chi connectivity index (χ4n) is 2.47. The first kappa shape index (κ1) is 18.5. The highest BCUT2D eigenvalue weighted by Gasteiger charge is 2.44. The first-order valence-corrected chi connectivity index (χ1v) is 9.05. The molecule has 0 saturated carbocycles. The van der Waals surface area contributed by atoms with Crippen LogP contribution in [0.5, 0.6) is 0 Å². The van der Waals surface area contributed by atoms with Crippen LogP contribution in [-0.2, 0) is 21.6 Å². The van der Waals surface area contributed by atoms with Gasteiger partial charge in [0.05, 0.1) is 15.7 Å². The maximum Gasteiger partial charge on any atom is 0.298 e. The van der Waals surface area contributed by atoms with Gasteiger partial charge in [0.2, 0.25) is 0 Å². The number of nitrogens with one attached hydrogen (secondary N) is 1. The molecule has 6 heteroatoms. The van der Waals surface area contributed by atoms with Crippen LogP contribution in [0.2, 0.25) is 0 Å². The predicted molar refractivity (Wildman–Crippen MR) is 88.8 cm³/mol. The van der Waals surface area contributed by atoms with Gasteiger partial charge in [-0.3, -0.25) is 0 Å². The van der Waals surface area contributed by atoms with Gasteiger partial charge < -0.3 is 4.74 Å². The Balaban J connectivity index is 2.17. The van der Waals surface area contributed by atoms with Crippen molar-refractivity contribution in [3.8, 4) is 0 Å². The normalized spacial score (nSPS) is 22.1. The standard InChI is InChI=1S/C17H25F2NO2S/c1-12(20-23(21)16(2,3)4)13-7-5-8-14(11-13)17(18,19)15-9-6-10-22-15/h5,7-8,11-12,15,20H,6,9-10H2,1-4H3/t12?,15?,23-/m1/s1. The van der Waals surface area contributed by atoms with Crippen molar-refractivity contribution in [3.05, 3.63) is 35.4 Å². The number of halogens is 2. The van der Waals surface area contributed by atoms with Gasteiger partial charge in [0.15, 0.2) is 0 Å². The van der Waals surface area contributed by atoms with Crippen LogP contribution in [0.4, 0.5) is 8.78 Å². The van der Waals surface area contributed by atoms with Crippen LogP contribution in [-0.4, -0.2) is 21.7 Å². The van der Waals surface area contributed by atoms with Gasteiger partial charge in [-0.15, -0.1) is 0 Å². The van der Waals surface area contributed by atoms with E-state index in [2.05, 4.69) is 4.72 Å². The fraction of sp³-hybridized carbons (Fsp3) is 0.647. The minimum Gasteiger partial charge on any atom is -0.372 e. The van der Waals surface area contributed by atoms with Crippen molar-refractivity contribution in [2.45, 2.75) is 63.4 Å². The lowest BCUT2D eigenvalue weighted by atomic mass is 9.97. The molecule has 0 radical (unpaired) electrons. The van der Waals surface area contributed by atoms with E-state index in [4.69, 9.17) is 4.74 Å². The Bertz CT molecular complexity index is 566. The molecule has 23 heavy (non-hydrogen) atoms. The van der Waals surface area contributed by atoms with E-state index in [0.717, 1.165) is 0 Å². The summed E-state index contributed by atoms with van der Waals surface area (Å²) in [6, 6.07) is 6.02. The molecule has 1 aromatic carbocycles. The van der Waals surface area contributed by atoms with Crippen molar-refractivity contribution in [3.63, 3.8) is 0 Å². The van der Waals surface area contributed by atoms with E-state index in [-0.39, 0.29) is 11.6 Å². The summed E-state index contributed by atoms with van der Waals surface area (Å²) in [6.45, 7) is 7.82. The minimum atomic E-state index is -3.00. The third-order valence-corrected chi connectivity index (χ3v) is 5.63. The van der Waals surface area contributed by atoms with Crippen molar-refractivity contribution in [1.82, 2.24) is 4.72 Å². The second-order valence-corrected chi connectivity index (χ2v) is 8.97. The molecule has 2 rings (SSSR count). The topological polar surface area (TPSA) is 38.3 Å². The molecule has 1 heterocycles. The summed E-state index contributed by atoms with van der Waals surface area (Å²) in [7, 11) is -1.26. The molecule has 0 aliphatic carbocycles. The second-order valence-electron chi connectivity index (χ2n) is 6.97. The molecule has 0 aromatic heterocycles. The van der Waals surface area contributed by atoms with Gasteiger partial charge in [-0.1, -0.05) is 18.2 Å². The summed E-state index contributed by atoms with van der Waals surface area (Å²) in [4.78, 5) is 0. The molecule has 0 spiro atoms. The molecule has 1 fully saturated rings. The Hall–Kier alpha value is -0.850. The van der Waals surface area contributed by atoms with Crippen LogP contribution < -0.4 is 4.72 Å². The first-order chi connectivity index (χ1) is 10.6. The average molecular weight is 345 g/mol.